The first kappa shape index (κ1) is 12.7. The zero-order chi connectivity index (χ0) is 12.1. The van der Waals surface area contributed by atoms with Crippen molar-refractivity contribution in [2.75, 3.05) is 0 Å². The van der Waals surface area contributed by atoms with E-state index in [0.717, 1.165) is 11.3 Å². The molecule has 16 heavy (non-hydrogen) atoms. The molecule has 0 aliphatic rings. The summed E-state index contributed by atoms with van der Waals surface area (Å²) in [5.41, 5.74) is 6.44. The molecule has 0 amide bonds. The second-order valence-corrected chi connectivity index (χ2v) is 4.05. The molecule has 1 atom stereocenters. The third-order valence-electron chi connectivity index (χ3n) is 2.09. The third kappa shape index (κ3) is 4.03. The lowest BCUT2D eigenvalue weighted by Gasteiger charge is -2.12. The Balaban J connectivity index is 2.71. The summed E-state index contributed by atoms with van der Waals surface area (Å²) in [5, 5.41) is 0. The minimum atomic E-state index is -1.46. The van der Waals surface area contributed by atoms with E-state index in [2.05, 4.69) is 6.58 Å². The molecule has 0 saturated heterocycles. The molecule has 0 saturated carbocycles. The molecule has 1 unspecified atom stereocenters. The number of rotatable bonds is 5. The Hall–Kier alpha value is -1.35. The van der Waals surface area contributed by atoms with Crippen LogP contribution in [0.2, 0.25) is 0 Å². The van der Waals surface area contributed by atoms with Crippen LogP contribution in [0.3, 0.4) is 0 Å². The fraction of sp³-hybridized carbons (Fsp3) is 0.385. The summed E-state index contributed by atoms with van der Waals surface area (Å²) >= 11 is 0. The largest absolute Gasteiger partial charge is 0.491 e. The van der Waals surface area contributed by atoms with Crippen molar-refractivity contribution >= 4 is 0 Å². The summed E-state index contributed by atoms with van der Waals surface area (Å²) in [5.74, 6) is 0.785. The molecule has 0 fully saturated rings. The average molecular weight is 223 g/mol. The van der Waals surface area contributed by atoms with Gasteiger partial charge < -0.3 is 4.74 Å². The van der Waals surface area contributed by atoms with Crippen molar-refractivity contribution in [3.05, 3.63) is 42.0 Å². The van der Waals surface area contributed by atoms with Crippen LogP contribution in [-0.4, -0.2) is 12.4 Å². The van der Waals surface area contributed by atoms with Crippen molar-refractivity contribution in [1.29, 1.82) is 0 Å². The number of hydrogen-bond donors (Lipinski definition) is 1. The smallest absolute Gasteiger partial charge is 0.170 e. The fourth-order valence-electron chi connectivity index (χ4n) is 1.36. The van der Waals surface area contributed by atoms with E-state index in [9.17, 15) is 4.39 Å². The quantitative estimate of drug-likeness (QED) is 0.615. The number of hydrogen-bond acceptors (Lipinski definition) is 2. The highest BCUT2D eigenvalue weighted by Crippen LogP contribution is 2.17. The van der Waals surface area contributed by atoms with Gasteiger partial charge in [0.25, 0.3) is 0 Å². The maximum absolute atomic E-state index is 12.7. The van der Waals surface area contributed by atoms with E-state index in [1.807, 2.05) is 38.1 Å². The van der Waals surface area contributed by atoms with Crippen LogP contribution in [0.1, 0.15) is 19.4 Å². The minimum Gasteiger partial charge on any atom is -0.491 e. The molecule has 3 heteroatoms. The molecule has 1 rings (SSSR count). The fourth-order valence-corrected chi connectivity index (χ4v) is 1.36. The Morgan fingerprint density at radius 3 is 2.75 bits per heavy atom. The molecule has 0 radical (unpaired) electrons. The van der Waals surface area contributed by atoms with E-state index < -0.39 is 6.30 Å². The van der Waals surface area contributed by atoms with E-state index in [-0.39, 0.29) is 6.10 Å². The zero-order valence-electron chi connectivity index (χ0n) is 9.74. The van der Waals surface area contributed by atoms with Gasteiger partial charge in [-0.1, -0.05) is 18.7 Å². The van der Waals surface area contributed by atoms with Crippen molar-refractivity contribution in [2.45, 2.75) is 32.7 Å². The summed E-state index contributed by atoms with van der Waals surface area (Å²) < 4.78 is 18.3. The van der Waals surface area contributed by atoms with Crippen molar-refractivity contribution in [2.24, 2.45) is 5.73 Å². The van der Waals surface area contributed by atoms with Crippen molar-refractivity contribution in [3.8, 4) is 5.75 Å². The third-order valence-corrected chi connectivity index (χ3v) is 2.09. The SMILES string of the molecule is C=C(Cc1cccc(OC(C)C)c1)C(N)F. The summed E-state index contributed by atoms with van der Waals surface area (Å²) in [6.07, 6.45) is -0.899. The molecular weight excluding hydrogens is 205 g/mol. The molecular formula is C13H18FNO. The van der Waals surface area contributed by atoms with E-state index in [4.69, 9.17) is 10.5 Å². The van der Waals surface area contributed by atoms with Gasteiger partial charge in [0, 0.05) is 0 Å². The topological polar surface area (TPSA) is 35.2 Å². The molecule has 1 aromatic carbocycles. The highest BCUT2D eigenvalue weighted by molar-refractivity contribution is 5.31. The van der Waals surface area contributed by atoms with E-state index in [0.29, 0.717) is 12.0 Å². The van der Waals surface area contributed by atoms with Gasteiger partial charge in [-0.2, -0.15) is 0 Å². The van der Waals surface area contributed by atoms with Gasteiger partial charge in [-0.15, -0.1) is 0 Å². The predicted octanol–water partition coefficient (Wildman–Crippen LogP) is 2.83. The Morgan fingerprint density at radius 1 is 1.50 bits per heavy atom. The lowest BCUT2D eigenvalue weighted by atomic mass is 10.1. The normalized spacial score (nSPS) is 12.6. The average Bonchev–Trinajstić information content (AvgIpc) is 2.16. The molecule has 88 valence electrons. The zero-order valence-corrected chi connectivity index (χ0v) is 9.74. The van der Waals surface area contributed by atoms with Crippen LogP contribution < -0.4 is 10.5 Å². The van der Waals surface area contributed by atoms with Crippen LogP contribution in [0, 0.1) is 0 Å². The molecule has 2 nitrogen and oxygen atoms in total. The number of nitrogens with two attached hydrogens (primary N) is 1. The Labute approximate surface area is 95.9 Å². The second kappa shape index (κ2) is 5.66. The maximum Gasteiger partial charge on any atom is 0.170 e. The van der Waals surface area contributed by atoms with Gasteiger partial charge in [0.05, 0.1) is 6.10 Å². The lowest BCUT2D eigenvalue weighted by molar-refractivity contribution is 0.242. The van der Waals surface area contributed by atoms with Gasteiger partial charge in [0.15, 0.2) is 6.30 Å². The first-order chi connectivity index (χ1) is 7.49. The van der Waals surface area contributed by atoms with Gasteiger partial charge in [-0.25, -0.2) is 4.39 Å². The number of alkyl halides is 1. The first-order valence-electron chi connectivity index (χ1n) is 5.32. The monoisotopic (exact) mass is 223 g/mol. The number of ether oxygens (including phenoxy) is 1. The standard InChI is InChI=1S/C13H18FNO/c1-9(2)16-12-6-4-5-11(8-12)7-10(3)13(14)15/h4-6,8-9,13H,3,7,15H2,1-2H3. The Kier molecular flexibility index (Phi) is 4.50. The number of halogens is 1. The lowest BCUT2D eigenvalue weighted by Crippen LogP contribution is -2.16. The van der Waals surface area contributed by atoms with Crippen LogP contribution in [0.5, 0.6) is 5.75 Å². The minimum absolute atomic E-state index is 0.127. The first-order valence-corrected chi connectivity index (χ1v) is 5.32. The summed E-state index contributed by atoms with van der Waals surface area (Å²) in [6, 6.07) is 7.54. The maximum atomic E-state index is 12.7. The predicted molar refractivity (Wildman–Crippen MR) is 64.1 cm³/mol. The van der Waals surface area contributed by atoms with Crippen LogP contribution in [0.4, 0.5) is 4.39 Å². The molecule has 0 aromatic heterocycles. The van der Waals surface area contributed by atoms with Gasteiger partial charge in [-0.3, -0.25) is 5.73 Å². The molecule has 2 N–H and O–H groups in total. The molecule has 0 aliphatic heterocycles. The van der Waals surface area contributed by atoms with Crippen molar-refractivity contribution < 1.29 is 9.13 Å². The Morgan fingerprint density at radius 2 is 2.19 bits per heavy atom. The molecule has 1 aromatic rings. The highest BCUT2D eigenvalue weighted by Gasteiger charge is 2.06. The van der Waals surface area contributed by atoms with Gasteiger partial charge in [0.1, 0.15) is 5.75 Å². The summed E-state index contributed by atoms with van der Waals surface area (Å²) in [4.78, 5) is 0. The molecule has 0 bridgehead atoms. The van der Waals surface area contributed by atoms with Crippen LogP contribution in [0.15, 0.2) is 36.4 Å². The Bertz CT molecular complexity index is 361. The van der Waals surface area contributed by atoms with Crippen LogP contribution in [-0.2, 0) is 6.42 Å². The van der Waals surface area contributed by atoms with Gasteiger partial charge in [0.2, 0.25) is 0 Å². The van der Waals surface area contributed by atoms with Crippen molar-refractivity contribution in [3.63, 3.8) is 0 Å². The van der Waals surface area contributed by atoms with Crippen molar-refractivity contribution in [1.82, 2.24) is 0 Å². The number of benzene rings is 1. The van der Waals surface area contributed by atoms with Gasteiger partial charge >= 0.3 is 0 Å². The second-order valence-electron chi connectivity index (χ2n) is 4.05. The molecule has 0 spiro atoms. The highest BCUT2D eigenvalue weighted by atomic mass is 19.1. The van der Waals surface area contributed by atoms with Crippen LogP contribution >= 0.6 is 0 Å². The summed E-state index contributed by atoms with van der Waals surface area (Å²) in [7, 11) is 0. The molecule has 0 aliphatic carbocycles. The molecule has 0 heterocycles. The van der Waals surface area contributed by atoms with E-state index >= 15 is 0 Å². The van der Waals surface area contributed by atoms with E-state index in [1.165, 1.54) is 0 Å². The van der Waals surface area contributed by atoms with Crippen LogP contribution in [0.25, 0.3) is 0 Å². The summed E-state index contributed by atoms with van der Waals surface area (Å²) in [6.45, 7) is 7.52. The van der Waals surface area contributed by atoms with Gasteiger partial charge in [-0.05, 0) is 43.5 Å². The van der Waals surface area contributed by atoms with E-state index in [1.54, 1.807) is 0 Å².